The van der Waals surface area contributed by atoms with Gasteiger partial charge in [0.25, 0.3) is 5.91 Å². The van der Waals surface area contributed by atoms with Crippen molar-refractivity contribution in [1.82, 2.24) is 5.32 Å². The van der Waals surface area contributed by atoms with E-state index in [9.17, 15) is 9.59 Å². The number of hydrogen-bond donors (Lipinski definition) is 1. The zero-order valence-corrected chi connectivity index (χ0v) is 14.6. The fourth-order valence-corrected chi connectivity index (χ4v) is 2.67. The first-order chi connectivity index (χ1) is 11.0. The lowest BCUT2D eigenvalue weighted by Crippen LogP contribution is -2.43. The van der Waals surface area contributed by atoms with Crippen LogP contribution in [0.2, 0.25) is 0 Å². The first-order valence-electron chi connectivity index (χ1n) is 7.20. The molecule has 0 bridgehead atoms. The van der Waals surface area contributed by atoms with Gasteiger partial charge in [-0.05, 0) is 36.2 Å². The van der Waals surface area contributed by atoms with Crippen LogP contribution in [0.25, 0.3) is 0 Å². The summed E-state index contributed by atoms with van der Waals surface area (Å²) in [5.41, 5.74) is 2.55. The molecule has 0 saturated carbocycles. The van der Waals surface area contributed by atoms with Gasteiger partial charge in [0.1, 0.15) is 6.04 Å². The molecule has 23 heavy (non-hydrogen) atoms. The minimum absolute atomic E-state index is 0.310. The number of benzene rings is 2. The molecule has 4 nitrogen and oxygen atoms in total. The molecular formula is C18H18BrNO3. The lowest BCUT2D eigenvalue weighted by Gasteiger charge is -2.18. The van der Waals surface area contributed by atoms with Gasteiger partial charge in [0.2, 0.25) is 0 Å². The highest BCUT2D eigenvalue weighted by molar-refractivity contribution is 9.10. The van der Waals surface area contributed by atoms with E-state index in [2.05, 4.69) is 21.2 Å². The van der Waals surface area contributed by atoms with Crippen molar-refractivity contribution in [3.05, 3.63) is 69.7 Å². The third kappa shape index (κ3) is 4.66. The second kappa shape index (κ2) is 7.92. The Morgan fingerprint density at radius 2 is 1.91 bits per heavy atom. The highest BCUT2D eigenvalue weighted by atomic mass is 79.9. The molecule has 0 aliphatic carbocycles. The molecule has 0 unspecified atom stereocenters. The van der Waals surface area contributed by atoms with E-state index in [-0.39, 0.29) is 5.91 Å². The number of carbonyl (C=O) groups is 2. The lowest BCUT2D eigenvalue weighted by atomic mass is 10.0. The molecule has 0 fully saturated rings. The zero-order valence-electron chi connectivity index (χ0n) is 13.0. The maximum absolute atomic E-state index is 12.4. The summed E-state index contributed by atoms with van der Waals surface area (Å²) in [7, 11) is 1.32. The Kier molecular flexibility index (Phi) is 5.93. The second-order valence-electron chi connectivity index (χ2n) is 5.19. The van der Waals surface area contributed by atoms with Crippen molar-refractivity contribution in [2.75, 3.05) is 7.11 Å². The Morgan fingerprint density at radius 3 is 2.57 bits per heavy atom. The van der Waals surface area contributed by atoms with Crippen molar-refractivity contribution < 1.29 is 14.3 Å². The monoisotopic (exact) mass is 375 g/mol. The van der Waals surface area contributed by atoms with E-state index < -0.39 is 12.0 Å². The molecule has 0 saturated heterocycles. The smallest absolute Gasteiger partial charge is 0.328 e. The predicted molar refractivity (Wildman–Crippen MR) is 92.3 cm³/mol. The zero-order chi connectivity index (χ0) is 16.8. The first-order valence-corrected chi connectivity index (χ1v) is 7.99. The number of methoxy groups -OCH3 is 1. The maximum Gasteiger partial charge on any atom is 0.328 e. The summed E-state index contributed by atoms with van der Waals surface area (Å²) in [4.78, 5) is 24.4. The van der Waals surface area contributed by atoms with Crippen molar-refractivity contribution in [3.63, 3.8) is 0 Å². The van der Waals surface area contributed by atoms with E-state index in [0.717, 1.165) is 15.6 Å². The third-order valence-electron chi connectivity index (χ3n) is 3.56. The van der Waals surface area contributed by atoms with Crippen molar-refractivity contribution in [3.8, 4) is 0 Å². The minimum atomic E-state index is -0.729. The van der Waals surface area contributed by atoms with Crippen LogP contribution >= 0.6 is 15.9 Å². The van der Waals surface area contributed by atoms with Crippen LogP contribution in [0.3, 0.4) is 0 Å². The molecule has 120 valence electrons. The van der Waals surface area contributed by atoms with Gasteiger partial charge in [-0.25, -0.2) is 4.79 Å². The summed E-state index contributed by atoms with van der Waals surface area (Å²) in [6.07, 6.45) is 0.388. The van der Waals surface area contributed by atoms with Crippen LogP contribution in [0.1, 0.15) is 21.5 Å². The van der Waals surface area contributed by atoms with E-state index in [1.165, 1.54) is 7.11 Å². The van der Waals surface area contributed by atoms with Gasteiger partial charge in [-0.1, -0.05) is 46.3 Å². The number of amides is 1. The Labute approximate surface area is 144 Å². The number of aryl methyl sites for hydroxylation is 1. The topological polar surface area (TPSA) is 55.4 Å². The normalized spacial score (nSPS) is 11.6. The quantitative estimate of drug-likeness (QED) is 0.815. The van der Waals surface area contributed by atoms with Gasteiger partial charge < -0.3 is 10.1 Å². The average molecular weight is 376 g/mol. The summed E-state index contributed by atoms with van der Waals surface area (Å²) in [5, 5.41) is 2.75. The lowest BCUT2D eigenvalue weighted by molar-refractivity contribution is -0.142. The maximum atomic E-state index is 12.4. The van der Waals surface area contributed by atoms with Crippen molar-refractivity contribution in [2.24, 2.45) is 0 Å². The number of rotatable bonds is 5. The average Bonchev–Trinajstić information content (AvgIpc) is 2.55. The first kappa shape index (κ1) is 17.2. The van der Waals surface area contributed by atoms with E-state index in [1.807, 2.05) is 37.3 Å². The number of nitrogens with one attached hydrogen (secondary N) is 1. The number of carbonyl (C=O) groups excluding carboxylic acids is 2. The van der Waals surface area contributed by atoms with Crippen molar-refractivity contribution in [1.29, 1.82) is 0 Å². The molecule has 0 aromatic heterocycles. The summed E-state index contributed by atoms with van der Waals surface area (Å²) in [6.45, 7) is 1.97. The number of esters is 1. The summed E-state index contributed by atoms with van der Waals surface area (Å²) < 4.78 is 5.63. The van der Waals surface area contributed by atoms with Gasteiger partial charge >= 0.3 is 5.97 Å². The molecular weight excluding hydrogens is 358 g/mol. The summed E-state index contributed by atoms with van der Waals surface area (Å²) in [5.74, 6) is -0.771. The SMILES string of the molecule is COC(=O)[C@H](Cc1ccccc1C)NC(=O)c1cccc(Br)c1. The summed E-state index contributed by atoms with van der Waals surface area (Å²) in [6, 6.07) is 14.0. The molecule has 2 aromatic rings. The molecule has 0 aliphatic heterocycles. The van der Waals surface area contributed by atoms with Crippen LogP contribution in [0, 0.1) is 6.92 Å². The van der Waals surface area contributed by atoms with Crippen molar-refractivity contribution in [2.45, 2.75) is 19.4 Å². The van der Waals surface area contributed by atoms with Crippen LogP contribution in [0.4, 0.5) is 0 Å². The Hall–Kier alpha value is -2.14. The van der Waals surface area contributed by atoms with E-state index in [4.69, 9.17) is 4.74 Å². The Balaban J connectivity index is 2.17. The van der Waals surface area contributed by atoms with Crippen LogP contribution in [0.5, 0.6) is 0 Å². The molecule has 0 spiro atoms. The molecule has 1 atom stereocenters. The van der Waals surface area contributed by atoms with Gasteiger partial charge in [-0.3, -0.25) is 4.79 Å². The van der Waals surface area contributed by atoms with Crippen molar-refractivity contribution >= 4 is 27.8 Å². The molecule has 2 rings (SSSR count). The van der Waals surface area contributed by atoms with Crippen LogP contribution < -0.4 is 5.32 Å². The number of ether oxygens (including phenoxy) is 1. The largest absolute Gasteiger partial charge is 0.467 e. The van der Waals surface area contributed by atoms with Gasteiger partial charge in [-0.15, -0.1) is 0 Å². The molecule has 1 N–H and O–H groups in total. The van der Waals surface area contributed by atoms with Gasteiger partial charge in [-0.2, -0.15) is 0 Å². The minimum Gasteiger partial charge on any atom is -0.467 e. The fraction of sp³-hybridized carbons (Fsp3) is 0.222. The highest BCUT2D eigenvalue weighted by Crippen LogP contribution is 2.13. The molecule has 5 heteroatoms. The molecule has 2 aromatic carbocycles. The van der Waals surface area contributed by atoms with E-state index in [0.29, 0.717) is 12.0 Å². The standard InChI is InChI=1S/C18H18BrNO3/c1-12-6-3-4-7-13(12)11-16(18(22)23-2)20-17(21)14-8-5-9-15(19)10-14/h3-10,16H,11H2,1-2H3,(H,20,21)/t16-/m0/s1. The Morgan fingerprint density at radius 1 is 1.17 bits per heavy atom. The van der Waals surface area contributed by atoms with Gasteiger partial charge in [0.15, 0.2) is 0 Å². The molecule has 0 heterocycles. The highest BCUT2D eigenvalue weighted by Gasteiger charge is 2.23. The van der Waals surface area contributed by atoms with E-state index in [1.54, 1.807) is 18.2 Å². The van der Waals surface area contributed by atoms with Crippen LogP contribution in [0.15, 0.2) is 53.0 Å². The molecule has 0 radical (unpaired) electrons. The third-order valence-corrected chi connectivity index (χ3v) is 4.06. The predicted octanol–water partition coefficient (Wildman–Crippen LogP) is 3.27. The fourth-order valence-electron chi connectivity index (χ4n) is 2.27. The Bertz CT molecular complexity index is 715. The van der Waals surface area contributed by atoms with Gasteiger partial charge in [0, 0.05) is 16.5 Å². The molecule has 0 aliphatic rings. The summed E-state index contributed by atoms with van der Waals surface area (Å²) >= 11 is 3.33. The van der Waals surface area contributed by atoms with Crippen LogP contribution in [-0.4, -0.2) is 25.0 Å². The number of hydrogen-bond acceptors (Lipinski definition) is 3. The van der Waals surface area contributed by atoms with Gasteiger partial charge in [0.05, 0.1) is 7.11 Å². The second-order valence-corrected chi connectivity index (χ2v) is 6.11. The number of halogens is 1. The van der Waals surface area contributed by atoms with Crippen LogP contribution in [-0.2, 0) is 16.0 Å². The van der Waals surface area contributed by atoms with E-state index >= 15 is 0 Å². The molecule has 1 amide bonds.